The molecule has 0 bridgehead atoms. The Morgan fingerprint density at radius 1 is 1.41 bits per heavy atom. The van der Waals surface area contributed by atoms with Crippen molar-refractivity contribution in [2.24, 2.45) is 5.92 Å². The molecular weight excluding hydrogens is 414 g/mol. The summed E-state index contributed by atoms with van der Waals surface area (Å²) in [6, 6.07) is 5.57. The fourth-order valence-electron chi connectivity index (χ4n) is 1.32. The molecule has 5 heteroatoms. The van der Waals surface area contributed by atoms with Gasteiger partial charge in [-0.25, -0.2) is 0 Å². The smallest absolute Gasteiger partial charge is 0.252 e. The van der Waals surface area contributed by atoms with E-state index < -0.39 is 0 Å². The normalized spacial score (nSPS) is 12.2. The van der Waals surface area contributed by atoms with Gasteiger partial charge in [-0.1, -0.05) is 38.8 Å². The van der Waals surface area contributed by atoms with E-state index >= 15 is 0 Å². The molecule has 0 saturated heterocycles. The molecule has 0 aliphatic carbocycles. The van der Waals surface area contributed by atoms with Gasteiger partial charge in [-0.2, -0.15) is 0 Å². The van der Waals surface area contributed by atoms with E-state index in [0.29, 0.717) is 18.0 Å². The highest BCUT2D eigenvalue weighted by molar-refractivity contribution is 9.11. The first-order valence-corrected chi connectivity index (χ1v) is 8.04. The summed E-state index contributed by atoms with van der Waals surface area (Å²) in [4.78, 5) is 12.0. The molecule has 1 amide bonds. The molecule has 94 valence electrons. The van der Waals surface area contributed by atoms with Gasteiger partial charge in [0.2, 0.25) is 0 Å². The van der Waals surface area contributed by atoms with Gasteiger partial charge in [-0.3, -0.25) is 4.79 Å². The van der Waals surface area contributed by atoms with Crippen LogP contribution in [0.1, 0.15) is 23.7 Å². The molecule has 0 aliphatic heterocycles. The molecule has 1 atom stereocenters. The van der Waals surface area contributed by atoms with Crippen LogP contribution in [0.15, 0.2) is 27.1 Å². The van der Waals surface area contributed by atoms with Crippen LogP contribution in [0.25, 0.3) is 0 Å². The number of alkyl halides is 1. The van der Waals surface area contributed by atoms with Crippen LogP contribution in [0.4, 0.5) is 0 Å². The van der Waals surface area contributed by atoms with Gasteiger partial charge in [-0.05, 0) is 46.5 Å². The Hall–Kier alpha value is 0.130. The van der Waals surface area contributed by atoms with E-state index in [1.54, 1.807) is 0 Å². The summed E-state index contributed by atoms with van der Waals surface area (Å²) in [6.45, 7) is 2.82. The van der Waals surface area contributed by atoms with Gasteiger partial charge in [0.25, 0.3) is 5.91 Å². The molecule has 0 aromatic heterocycles. The lowest BCUT2D eigenvalue weighted by atomic mass is 10.1. The third-order valence-electron chi connectivity index (χ3n) is 2.39. The van der Waals surface area contributed by atoms with E-state index in [9.17, 15) is 4.79 Å². The zero-order valence-electron chi connectivity index (χ0n) is 9.47. The SMILES string of the molecule is CC(CCBr)CNC(=O)c1cc(Br)ccc1Br. The van der Waals surface area contributed by atoms with Gasteiger partial charge in [0, 0.05) is 20.8 Å². The molecule has 1 N–H and O–H groups in total. The molecule has 17 heavy (non-hydrogen) atoms. The van der Waals surface area contributed by atoms with Crippen molar-refractivity contribution in [3.63, 3.8) is 0 Å². The molecule has 2 nitrogen and oxygen atoms in total. The lowest BCUT2D eigenvalue weighted by Crippen LogP contribution is -2.28. The highest BCUT2D eigenvalue weighted by Crippen LogP contribution is 2.21. The van der Waals surface area contributed by atoms with Crippen molar-refractivity contribution in [3.05, 3.63) is 32.7 Å². The Morgan fingerprint density at radius 3 is 2.76 bits per heavy atom. The van der Waals surface area contributed by atoms with Crippen LogP contribution in [0.5, 0.6) is 0 Å². The first-order valence-electron chi connectivity index (χ1n) is 5.33. The highest BCUT2D eigenvalue weighted by Gasteiger charge is 2.11. The van der Waals surface area contributed by atoms with Crippen LogP contribution >= 0.6 is 47.8 Å². The van der Waals surface area contributed by atoms with Crippen LogP contribution in [-0.4, -0.2) is 17.8 Å². The number of carbonyl (C=O) groups is 1. The standard InChI is InChI=1S/C12H14Br3NO/c1-8(4-5-13)7-16-12(17)10-6-9(14)2-3-11(10)15/h2-3,6,8H,4-5,7H2,1H3,(H,16,17). The monoisotopic (exact) mass is 425 g/mol. The predicted molar refractivity (Wildman–Crippen MR) is 81.8 cm³/mol. The number of amides is 1. The Balaban J connectivity index is 2.61. The Labute approximate surface area is 127 Å². The average Bonchev–Trinajstić information content (AvgIpc) is 2.29. The van der Waals surface area contributed by atoms with Crippen LogP contribution in [0.2, 0.25) is 0 Å². The maximum atomic E-state index is 12.0. The largest absolute Gasteiger partial charge is 0.352 e. The van der Waals surface area contributed by atoms with Crippen molar-refractivity contribution in [3.8, 4) is 0 Å². The molecule has 0 spiro atoms. The summed E-state index contributed by atoms with van der Waals surface area (Å²) >= 11 is 10.1. The number of nitrogens with one attached hydrogen (secondary N) is 1. The van der Waals surface area contributed by atoms with E-state index in [1.165, 1.54) is 0 Å². The number of hydrogen-bond acceptors (Lipinski definition) is 1. The van der Waals surface area contributed by atoms with Crippen LogP contribution in [0, 0.1) is 5.92 Å². The van der Waals surface area contributed by atoms with Crippen molar-refractivity contribution in [1.82, 2.24) is 5.32 Å². The lowest BCUT2D eigenvalue weighted by Gasteiger charge is -2.12. The molecule has 0 aliphatic rings. The quantitative estimate of drug-likeness (QED) is 0.695. The van der Waals surface area contributed by atoms with Crippen molar-refractivity contribution in [1.29, 1.82) is 0 Å². The second-order valence-corrected chi connectivity index (χ2v) is 6.48. The number of rotatable bonds is 5. The summed E-state index contributed by atoms with van der Waals surface area (Å²) in [5.74, 6) is 0.434. The zero-order valence-corrected chi connectivity index (χ0v) is 14.2. The maximum Gasteiger partial charge on any atom is 0.252 e. The lowest BCUT2D eigenvalue weighted by molar-refractivity contribution is 0.0947. The van der Waals surface area contributed by atoms with Gasteiger partial charge in [0.15, 0.2) is 0 Å². The summed E-state index contributed by atoms with van der Waals surface area (Å²) in [5, 5.41) is 3.90. The molecule has 1 rings (SSSR count). The topological polar surface area (TPSA) is 29.1 Å². The molecule has 1 aromatic rings. The van der Waals surface area contributed by atoms with Gasteiger partial charge in [0.1, 0.15) is 0 Å². The van der Waals surface area contributed by atoms with Gasteiger partial charge in [0.05, 0.1) is 5.56 Å². The summed E-state index contributed by atoms with van der Waals surface area (Å²) in [5.41, 5.74) is 0.658. The second kappa shape index (κ2) is 7.54. The Kier molecular flexibility index (Phi) is 6.74. The molecule has 0 heterocycles. The fourth-order valence-corrected chi connectivity index (χ4v) is 2.89. The number of halogens is 3. The third-order valence-corrected chi connectivity index (χ3v) is 4.03. The average molecular weight is 428 g/mol. The van der Waals surface area contributed by atoms with E-state index in [-0.39, 0.29) is 5.91 Å². The van der Waals surface area contributed by atoms with Crippen molar-refractivity contribution in [2.75, 3.05) is 11.9 Å². The first-order chi connectivity index (χ1) is 8.04. The Bertz CT molecular complexity index is 395. The zero-order chi connectivity index (χ0) is 12.8. The molecule has 0 radical (unpaired) electrons. The fraction of sp³-hybridized carbons (Fsp3) is 0.417. The number of carbonyl (C=O) groups excluding carboxylic acids is 1. The summed E-state index contributed by atoms with van der Waals surface area (Å²) in [7, 11) is 0. The van der Waals surface area contributed by atoms with Gasteiger partial charge < -0.3 is 5.32 Å². The first kappa shape index (κ1) is 15.2. The Morgan fingerprint density at radius 2 is 2.12 bits per heavy atom. The van der Waals surface area contributed by atoms with E-state index in [2.05, 4.69) is 60.0 Å². The molecule has 0 fully saturated rings. The number of hydrogen-bond donors (Lipinski definition) is 1. The minimum absolute atomic E-state index is 0.0420. The van der Waals surface area contributed by atoms with E-state index in [4.69, 9.17) is 0 Å². The molecule has 0 saturated carbocycles. The molecular formula is C12H14Br3NO. The third kappa shape index (κ3) is 5.10. The van der Waals surface area contributed by atoms with Gasteiger partial charge in [-0.15, -0.1) is 0 Å². The minimum atomic E-state index is -0.0420. The summed E-state index contributed by atoms with van der Waals surface area (Å²) in [6.07, 6.45) is 1.06. The van der Waals surface area contributed by atoms with Crippen molar-refractivity contribution >= 4 is 53.7 Å². The second-order valence-electron chi connectivity index (χ2n) is 3.92. The van der Waals surface area contributed by atoms with Gasteiger partial charge >= 0.3 is 0 Å². The molecule has 1 unspecified atom stereocenters. The van der Waals surface area contributed by atoms with Crippen LogP contribution < -0.4 is 5.32 Å². The minimum Gasteiger partial charge on any atom is -0.352 e. The maximum absolute atomic E-state index is 12.0. The van der Waals surface area contributed by atoms with Crippen molar-refractivity contribution in [2.45, 2.75) is 13.3 Å². The van der Waals surface area contributed by atoms with Crippen LogP contribution in [0.3, 0.4) is 0 Å². The predicted octanol–water partition coefficient (Wildman–Crippen LogP) is 4.36. The van der Waals surface area contributed by atoms with Crippen molar-refractivity contribution < 1.29 is 4.79 Å². The van der Waals surface area contributed by atoms with E-state index in [0.717, 1.165) is 20.7 Å². The number of benzene rings is 1. The summed E-state index contributed by atoms with van der Waals surface area (Å²) < 4.78 is 1.71. The highest BCUT2D eigenvalue weighted by atomic mass is 79.9. The van der Waals surface area contributed by atoms with E-state index in [1.807, 2.05) is 18.2 Å². The molecule has 1 aromatic carbocycles. The van der Waals surface area contributed by atoms with Crippen LogP contribution in [-0.2, 0) is 0 Å².